The second-order valence-electron chi connectivity index (χ2n) is 2.57. The highest BCUT2D eigenvalue weighted by atomic mass is 16.4. The molecule has 11 heavy (non-hydrogen) atoms. The molecule has 0 aliphatic rings. The molecular weight excluding hydrogens is 146 g/mol. The van der Waals surface area contributed by atoms with E-state index >= 15 is 0 Å². The van der Waals surface area contributed by atoms with Crippen LogP contribution < -0.4 is 5.73 Å². The van der Waals surface area contributed by atoms with Gasteiger partial charge in [-0.3, -0.25) is 0 Å². The van der Waals surface area contributed by atoms with E-state index in [1.54, 1.807) is 0 Å². The van der Waals surface area contributed by atoms with Crippen LogP contribution in [0.3, 0.4) is 0 Å². The summed E-state index contributed by atoms with van der Waals surface area (Å²) in [6.07, 6.45) is 1.99. The maximum atomic E-state index is 10.4. The number of carboxylic acid groups (broad SMARTS) is 1. The molecule has 0 aromatic carbocycles. The fourth-order valence-corrected chi connectivity index (χ4v) is 0.686. The molecule has 0 aromatic rings. The Morgan fingerprint density at radius 3 is 2.55 bits per heavy atom. The monoisotopic (exact) mass is 159 g/mol. The van der Waals surface area contributed by atoms with Crippen molar-refractivity contribution in [1.29, 1.82) is 0 Å². The SMILES string of the molecule is CCCCC(N)(C=O)C(=O)O. The zero-order chi connectivity index (χ0) is 8.91. The molecule has 0 heterocycles. The van der Waals surface area contributed by atoms with Crippen molar-refractivity contribution >= 4 is 12.3 Å². The third-order valence-electron chi connectivity index (χ3n) is 1.55. The molecule has 0 aliphatic heterocycles. The van der Waals surface area contributed by atoms with Crippen molar-refractivity contribution in [2.24, 2.45) is 5.73 Å². The number of aliphatic carboxylic acids is 1. The first-order chi connectivity index (χ1) is 5.06. The molecule has 0 aromatic heterocycles. The Hall–Kier alpha value is -0.900. The van der Waals surface area contributed by atoms with E-state index < -0.39 is 11.5 Å². The van der Waals surface area contributed by atoms with Crippen LogP contribution in [-0.2, 0) is 9.59 Å². The van der Waals surface area contributed by atoms with E-state index in [-0.39, 0.29) is 6.42 Å². The molecule has 1 atom stereocenters. The van der Waals surface area contributed by atoms with E-state index in [0.29, 0.717) is 12.7 Å². The standard InChI is InChI=1S/C7H13NO3/c1-2-3-4-7(8,5-9)6(10)11/h5H,2-4,8H2,1H3,(H,10,11). The topological polar surface area (TPSA) is 80.4 Å². The van der Waals surface area contributed by atoms with Crippen LogP contribution in [0.2, 0.25) is 0 Å². The van der Waals surface area contributed by atoms with E-state index in [1.807, 2.05) is 6.92 Å². The molecule has 1 unspecified atom stereocenters. The lowest BCUT2D eigenvalue weighted by Crippen LogP contribution is -2.49. The highest BCUT2D eigenvalue weighted by molar-refractivity contribution is 5.96. The molecule has 0 fully saturated rings. The third kappa shape index (κ3) is 2.67. The van der Waals surface area contributed by atoms with Crippen LogP contribution in [-0.4, -0.2) is 22.9 Å². The summed E-state index contributed by atoms with van der Waals surface area (Å²) in [7, 11) is 0. The van der Waals surface area contributed by atoms with Crippen molar-refractivity contribution in [3.63, 3.8) is 0 Å². The summed E-state index contributed by atoms with van der Waals surface area (Å²) in [4.78, 5) is 20.7. The Morgan fingerprint density at radius 2 is 2.27 bits per heavy atom. The molecule has 0 saturated heterocycles. The van der Waals surface area contributed by atoms with Crippen molar-refractivity contribution in [3.8, 4) is 0 Å². The van der Waals surface area contributed by atoms with E-state index in [4.69, 9.17) is 10.8 Å². The number of carboxylic acids is 1. The Bertz CT molecular complexity index is 158. The van der Waals surface area contributed by atoms with Gasteiger partial charge in [-0.2, -0.15) is 0 Å². The van der Waals surface area contributed by atoms with Gasteiger partial charge in [0.05, 0.1) is 0 Å². The van der Waals surface area contributed by atoms with Crippen molar-refractivity contribution in [3.05, 3.63) is 0 Å². The first-order valence-corrected chi connectivity index (χ1v) is 3.55. The van der Waals surface area contributed by atoms with E-state index in [2.05, 4.69) is 0 Å². The lowest BCUT2D eigenvalue weighted by Gasteiger charge is -2.16. The number of unbranched alkanes of at least 4 members (excludes halogenated alkanes) is 1. The maximum absolute atomic E-state index is 10.4. The van der Waals surface area contributed by atoms with E-state index in [0.717, 1.165) is 6.42 Å². The van der Waals surface area contributed by atoms with Crippen molar-refractivity contribution in [2.75, 3.05) is 0 Å². The van der Waals surface area contributed by atoms with Gasteiger partial charge in [-0.05, 0) is 6.42 Å². The minimum absolute atomic E-state index is 0.211. The van der Waals surface area contributed by atoms with Crippen LogP contribution in [0.4, 0.5) is 0 Å². The number of aldehydes is 1. The van der Waals surface area contributed by atoms with E-state index in [1.165, 1.54) is 0 Å². The third-order valence-corrected chi connectivity index (χ3v) is 1.55. The Kier molecular flexibility index (Phi) is 3.74. The number of carbonyl (C=O) groups excluding carboxylic acids is 1. The number of nitrogens with two attached hydrogens (primary N) is 1. The first kappa shape index (κ1) is 10.1. The van der Waals surface area contributed by atoms with Crippen LogP contribution in [0.15, 0.2) is 0 Å². The van der Waals surface area contributed by atoms with Gasteiger partial charge in [-0.1, -0.05) is 19.8 Å². The maximum Gasteiger partial charge on any atom is 0.331 e. The van der Waals surface area contributed by atoms with Gasteiger partial charge in [-0.25, -0.2) is 4.79 Å². The van der Waals surface area contributed by atoms with Gasteiger partial charge >= 0.3 is 5.97 Å². The Labute approximate surface area is 65.4 Å². The predicted octanol–water partition coefficient (Wildman–Crippen LogP) is 0.158. The molecule has 0 rings (SSSR count). The molecule has 3 N–H and O–H groups in total. The molecule has 0 amide bonds. The molecule has 0 radical (unpaired) electrons. The fourth-order valence-electron chi connectivity index (χ4n) is 0.686. The zero-order valence-corrected chi connectivity index (χ0v) is 6.54. The largest absolute Gasteiger partial charge is 0.480 e. The average Bonchev–Trinajstić information content (AvgIpc) is 2.00. The molecule has 0 spiro atoms. The lowest BCUT2D eigenvalue weighted by atomic mass is 9.96. The number of carbonyl (C=O) groups is 2. The van der Waals surface area contributed by atoms with Gasteiger partial charge in [0, 0.05) is 0 Å². The highest BCUT2D eigenvalue weighted by Gasteiger charge is 2.32. The second-order valence-corrected chi connectivity index (χ2v) is 2.57. The zero-order valence-electron chi connectivity index (χ0n) is 6.54. The summed E-state index contributed by atoms with van der Waals surface area (Å²) in [6, 6.07) is 0. The fraction of sp³-hybridized carbons (Fsp3) is 0.714. The molecule has 4 heteroatoms. The summed E-state index contributed by atoms with van der Waals surface area (Å²) < 4.78 is 0. The van der Waals surface area contributed by atoms with Crippen LogP contribution in [0.25, 0.3) is 0 Å². The van der Waals surface area contributed by atoms with Crippen LogP contribution in [0.1, 0.15) is 26.2 Å². The van der Waals surface area contributed by atoms with Crippen molar-refractivity contribution in [1.82, 2.24) is 0 Å². The molecule has 0 bridgehead atoms. The molecule has 0 aliphatic carbocycles. The van der Waals surface area contributed by atoms with Gasteiger partial charge in [-0.15, -0.1) is 0 Å². The Balaban J connectivity index is 4.10. The first-order valence-electron chi connectivity index (χ1n) is 3.55. The van der Waals surface area contributed by atoms with Crippen molar-refractivity contribution < 1.29 is 14.7 Å². The minimum atomic E-state index is -1.67. The lowest BCUT2D eigenvalue weighted by molar-refractivity contribution is -0.145. The summed E-state index contributed by atoms with van der Waals surface area (Å²) in [5.74, 6) is -1.25. The number of hydrogen-bond donors (Lipinski definition) is 2. The number of rotatable bonds is 5. The quantitative estimate of drug-likeness (QED) is 0.442. The van der Waals surface area contributed by atoms with Crippen LogP contribution in [0, 0.1) is 0 Å². The smallest absolute Gasteiger partial charge is 0.331 e. The Morgan fingerprint density at radius 1 is 1.73 bits per heavy atom. The molecule has 64 valence electrons. The molecular formula is C7H13NO3. The molecule has 0 saturated carbocycles. The van der Waals surface area contributed by atoms with Gasteiger partial charge in [0.2, 0.25) is 0 Å². The summed E-state index contributed by atoms with van der Waals surface area (Å²) >= 11 is 0. The normalized spacial score (nSPS) is 15.5. The summed E-state index contributed by atoms with van der Waals surface area (Å²) in [5, 5.41) is 8.50. The summed E-state index contributed by atoms with van der Waals surface area (Å²) in [6.45, 7) is 1.91. The van der Waals surface area contributed by atoms with Crippen molar-refractivity contribution in [2.45, 2.75) is 31.7 Å². The van der Waals surface area contributed by atoms with E-state index in [9.17, 15) is 9.59 Å². The van der Waals surface area contributed by atoms with Crippen LogP contribution >= 0.6 is 0 Å². The van der Waals surface area contributed by atoms with Gasteiger partial charge in [0.1, 0.15) is 0 Å². The number of hydrogen-bond acceptors (Lipinski definition) is 3. The second kappa shape index (κ2) is 4.08. The molecule has 4 nitrogen and oxygen atoms in total. The summed E-state index contributed by atoms with van der Waals surface area (Å²) in [5.41, 5.74) is 3.59. The minimum Gasteiger partial charge on any atom is -0.480 e. The van der Waals surface area contributed by atoms with Crippen LogP contribution in [0.5, 0.6) is 0 Å². The predicted molar refractivity (Wildman–Crippen MR) is 40.1 cm³/mol. The van der Waals surface area contributed by atoms with Gasteiger partial charge in [0.15, 0.2) is 11.8 Å². The average molecular weight is 159 g/mol. The van der Waals surface area contributed by atoms with Gasteiger partial charge < -0.3 is 15.6 Å². The van der Waals surface area contributed by atoms with Gasteiger partial charge in [0.25, 0.3) is 0 Å². The highest BCUT2D eigenvalue weighted by Crippen LogP contribution is 2.08.